The molecular weight excluding hydrogens is 340 g/mol. The number of nitrogens with zero attached hydrogens (tertiary/aromatic N) is 1. The van der Waals surface area contributed by atoms with E-state index in [0.717, 1.165) is 35.5 Å². The normalized spacial score (nSPS) is 12.6. The molecule has 0 unspecified atom stereocenters. The highest BCUT2D eigenvalue weighted by atomic mass is 32.1. The molecular formula is C22H20N2OS. The molecule has 1 N–H and O–H groups in total. The minimum absolute atomic E-state index is 0.693. The number of benzene rings is 3. The van der Waals surface area contributed by atoms with E-state index in [1.807, 2.05) is 24.3 Å². The number of methoxy groups -OCH3 is 1. The highest BCUT2D eigenvalue weighted by Crippen LogP contribution is 2.33. The highest BCUT2D eigenvalue weighted by Gasteiger charge is 2.22. The van der Waals surface area contributed by atoms with Crippen molar-refractivity contribution in [3.8, 4) is 16.9 Å². The van der Waals surface area contributed by atoms with Gasteiger partial charge in [-0.05, 0) is 53.5 Å². The van der Waals surface area contributed by atoms with Crippen molar-refractivity contribution in [2.75, 3.05) is 23.9 Å². The Morgan fingerprint density at radius 1 is 0.962 bits per heavy atom. The number of rotatable bonds is 3. The quantitative estimate of drug-likeness (QED) is 0.655. The van der Waals surface area contributed by atoms with Crippen LogP contribution in [0.4, 0.5) is 11.4 Å². The molecule has 1 aliphatic heterocycles. The number of nitrogens with one attached hydrogen (secondary N) is 1. The molecule has 1 aliphatic rings. The van der Waals surface area contributed by atoms with Gasteiger partial charge in [0.2, 0.25) is 0 Å². The number of anilines is 2. The zero-order valence-corrected chi connectivity index (χ0v) is 15.4. The standard InChI is InChI=1S/C22H20N2OS/c1-25-21-12-11-18(16-7-3-2-4-8-16)15-19(21)23-22(26)24-14-13-17-9-5-6-10-20(17)24/h2-12,15H,13-14H2,1H3,(H,23,26). The summed E-state index contributed by atoms with van der Waals surface area (Å²) in [5.74, 6) is 0.777. The molecule has 0 atom stereocenters. The molecule has 4 rings (SSSR count). The first kappa shape index (κ1) is 16.6. The Morgan fingerprint density at radius 3 is 2.54 bits per heavy atom. The monoisotopic (exact) mass is 360 g/mol. The Bertz CT molecular complexity index is 940. The Labute approximate surface area is 159 Å². The number of ether oxygens (including phenoxy) is 1. The minimum Gasteiger partial charge on any atom is -0.495 e. The molecule has 3 nitrogen and oxygen atoms in total. The molecule has 0 fully saturated rings. The molecule has 0 amide bonds. The molecule has 0 aromatic heterocycles. The van der Waals surface area contributed by atoms with Gasteiger partial charge < -0.3 is 15.0 Å². The lowest BCUT2D eigenvalue weighted by Crippen LogP contribution is -2.33. The van der Waals surface area contributed by atoms with Crippen LogP contribution in [0.25, 0.3) is 11.1 Å². The van der Waals surface area contributed by atoms with Gasteiger partial charge in [-0.2, -0.15) is 0 Å². The largest absolute Gasteiger partial charge is 0.495 e. The average Bonchev–Trinajstić information content (AvgIpc) is 3.13. The van der Waals surface area contributed by atoms with Gasteiger partial charge in [0.05, 0.1) is 12.8 Å². The lowest BCUT2D eigenvalue weighted by atomic mass is 10.0. The van der Waals surface area contributed by atoms with E-state index in [2.05, 4.69) is 58.7 Å². The van der Waals surface area contributed by atoms with Crippen molar-refractivity contribution in [3.05, 3.63) is 78.4 Å². The number of thiocarbonyl (C=S) groups is 1. The fourth-order valence-corrected chi connectivity index (χ4v) is 3.65. The molecule has 4 heteroatoms. The van der Waals surface area contributed by atoms with E-state index < -0.39 is 0 Å². The Balaban J connectivity index is 1.62. The zero-order chi connectivity index (χ0) is 17.9. The van der Waals surface area contributed by atoms with Crippen LogP contribution in [-0.4, -0.2) is 18.8 Å². The van der Waals surface area contributed by atoms with Crippen LogP contribution in [0.2, 0.25) is 0 Å². The average molecular weight is 360 g/mol. The van der Waals surface area contributed by atoms with Crippen LogP contribution in [0.1, 0.15) is 5.56 Å². The van der Waals surface area contributed by atoms with Crippen LogP contribution < -0.4 is 15.0 Å². The predicted molar refractivity (Wildman–Crippen MR) is 112 cm³/mol. The maximum Gasteiger partial charge on any atom is 0.178 e. The first-order chi connectivity index (χ1) is 12.8. The van der Waals surface area contributed by atoms with Gasteiger partial charge in [-0.3, -0.25) is 0 Å². The van der Waals surface area contributed by atoms with E-state index in [1.165, 1.54) is 11.3 Å². The van der Waals surface area contributed by atoms with Crippen LogP contribution in [0.15, 0.2) is 72.8 Å². The second-order valence-electron chi connectivity index (χ2n) is 6.24. The van der Waals surface area contributed by atoms with E-state index in [9.17, 15) is 0 Å². The van der Waals surface area contributed by atoms with E-state index in [0.29, 0.717) is 5.11 Å². The third-order valence-corrected chi connectivity index (χ3v) is 5.00. The number of hydrogen-bond donors (Lipinski definition) is 1. The third kappa shape index (κ3) is 3.16. The smallest absolute Gasteiger partial charge is 0.178 e. The predicted octanol–water partition coefficient (Wildman–Crippen LogP) is 5.12. The van der Waals surface area contributed by atoms with Crippen molar-refractivity contribution in [3.63, 3.8) is 0 Å². The van der Waals surface area contributed by atoms with Crippen LogP contribution in [0, 0.1) is 0 Å². The molecule has 0 saturated carbocycles. The molecule has 0 spiro atoms. The summed E-state index contributed by atoms with van der Waals surface area (Å²) in [6, 6.07) is 24.8. The first-order valence-electron chi connectivity index (χ1n) is 8.66. The molecule has 26 heavy (non-hydrogen) atoms. The molecule has 0 bridgehead atoms. The minimum atomic E-state index is 0.693. The van der Waals surface area contributed by atoms with Gasteiger partial charge in [-0.1, -0.05) is 54.6 Å². The fourth-order valence-electron chi connectivity index (χ4n) is 3.35. The van der Waals surface area contributed by atoms with Crippen LogP contribution in [0.5, 0.6) is 5.75 Å². The van der Waals surface area contributed by atoms with E-state index in [4.69, 9.17) is 17.0 Å². The Kier molecular flexibility index (Phi) is 4.59. The van der Waals surface area contributed by atoms with Gasteiger partial charge in [-0.15, -0.1) is 0 Å². The van der Waals surface area contributed by atoms with Crippen LogP contribution in [-0.2, 0) is 6.42 Å². The third-order valence-electron chi connectivity index (χ3n) is 4.68. The van der Waals surface area contributed by atoms with Gasteiger partial charge in [-0.25, -0.2) is 0 Å². The molecule has 3 aromatic carbocycles. The molecule has 130 valence electrons. The molecule has 0 saturated heterocycles. The van der Waals surface area contributed by atoms with E-state index in [1.54, 1.807) is 7.11 Å². The summed E-state index contributed by atoms with van der Waals surface area (Å²) >= 11 is 5.70. The van der Waals surface area contributed by atoms with Gasteiger partial charge in [0.15, 0.2) is 5.11 Å². The summed E-state index contributed by atoms with van der Waals surface area (Å²) in [5, 5.41) is 4.08. The Hall–Kier alpha value is -2.85. The second kappa shape index (κ2) is 7.18. The molecule has 0 radical (unpaired) electrons. The number of hydrogen-bond acceptors (Lipinski definition) is 2. The summed E-state index contributed by atoms with van der Waals surface area (Å²) in [4.78, 5) is 2.15. The first-order valence-corrected chi connectivity index (χ1v) is 9.07. The van der Waals surface area contributed by atoms with Crippen LogP contribution in [0.3, 0.4) is 0 Å². The van der Waals surface area contributed by atoms with Gasteiger partial charge >= 0.3 is 0 Å². The summed E-state index contributed by atoms with van der Waals surface area (Å²) in [6.07, 6.45) is 1.01. The van der Waals surface area contributed by atoms with Crippen molar-refractivity contribution in [2.45, 2.75) is 6.42 Å². The molecule has 3 aromatic rings. The van der Waals surface area contributed by atoms with Crippen molar-refractivity contribution < 1.29 is 4.74 Å². The SMILES string of the molecule is COc1ccc(-c2ccccc2)cc1NC(=S)N1CCc2ccccc21. The van der Waals surface area contributed by atoms with Crippen molar-refractivity contribution in [2.24, 2.45) is 0 Å². The van der Waals surface area contributed by atoms with Gasteiger partial charge in [0, 0.05) is 12.2 Å². The summed E-state index contributed by atoms with van der Waals surface area (Å²) in [5.41, 5.74) is 5.68. The van der Waals surface area contributed by atoms with Crippen molar-refractivity contribution >= 4 is 28.7 Å². The lowest BCUT2D eigenvalue weighted by molar-refractivity contribution is 0.417. The van der Waals surface area contributed by atoms with E-state index >= 15 is 0 Å². The highest BCUT2D eigenvalue weighted by molar-refractivity contribution is 7.80. The zero-order valence-electron chi connectivity index (χ0n) is 14.6. The van der Waals surface area contributed by atoms with Crippen molar-refractivity contribution in [1.82, 2.24) is 0 Å². The van der Waals surface area contributed by atoms with Gasteiger partial charge in [0.1, 0.15) is 5.75 Å². The maximum atomic E-state index is 5.70. The van der Waals surface area contributed by atoms with Crippen LogP contribution >= 0.6 is 12.2 Å². The summed E-state index contributed by atoms with van der Waals surface area (Å²) in [7, 11) is 1.68. The second-order valence-corrected chi connectivity index (χ2v) is 6.63. The fraction of sp³-hybridized carbons (Fsp3) is 0.136. The summed E-state index contributed by atoms with van der Waals surface area (Å²) < 4.78 is 5.53. The summed E-state index contributed by atoms with van der Waals surface area (Å²) in [6.45, 7) is 0.895. The Morgan fingerprint density at radius 2 is 1.73 bits per heavy atom. The molecule has 1 heterocycles. The maximum absolute atomic E-state index is 5.70. The number of fused-ring (bicyclic) bond motifs is 1. The lowest BCUT2D eigenvalue weighted by Gasteiger charge is -2.22. The molecule has 0 aliphatic carbocycles. The topological polar surface area (TPSA) is 24.5 Å². The van der Waals surface area contributed by atoms with Gasteiger partial charge in [0.25, 0.3) is 0 Å². The number of para-hydroxylation sites is 1. The van der Waals surface area contributed by atoms with Crippen molar-refractivity contribution in [1.29, 1.82) is 0 Å². The van der Waals surface area contributed by atoms with E-state index in [-0.39, 0.29) is 0 Å².